The van der Waals surface area contributed by atoms with Gasteiger partial charge in [-0.1, -0.05) is 40.7 Å². The molecule has 1 fully saturated rings. The van der Waals surface area contributed by atoms with Crippen LogP contribution in [0.3, 0.4) is 0 Å². The van der Waals surface area contributed by atoms with Crippen molar-refractivity contribution < 1.29 is 24.5 Å². The lowest BCUT2D eigenvalue weighted by molar-refractivity contribution is -0.121. The topological polar surface area (TPSA) is 88.0 Å². The minimum Gasteiger partial charge on any atom is -0.508 e. The molecule has 0 heterocycles. The molecule has 1 unspecified atom stereocenters. The van der Waals surface area contributed by atoms with E-state index in [4.69, 9.17) is 9.47 Å². The Morgan fingerprint density at radius 2 is 1.94 bits per heavy atom. The Balaban J connectivity index is 2.07. The van der Waals surface area contributed by atoms with Crippen LogP contribution in [-0.4, -0.2) is 43.0 Å². The number of halogens is 1. The summed E-state index contributed by atoms with van der Waals surface area (Å²) >= 11 is 3.50. The van der Waals surface area contributed by atoms with Crippen molar-refractivity contribution in [2.24, 2.45) is 0 Å². The van der Waals surface area contributed by atoms with E-state index in [1.165, 1.54) is 6.08 Å². The number of rotatable bonds is 8. The Hall–Kier alpha value is -3.03. The number of aliphatic hydroxyl groups is 2. The van der Waals surface area contributed by atoms with E-state index in [1.807, 2.05) is 55.5 Å². The maximum absolute atomic E-state index is 13.2. The molecule has 1 saturated carbocycles. The molecule has 1 aliphatic rings. The number of ether oxygens (including phenoxy) is 2. The summed E-state index contributed by atoms with van der Waals surface area (Å²) in [6.07, 6.45) is 3.81. The number of hydrogen-bond acceptors (Lipinski definition) is 5. The number of carbonyl (C=O) groups is 1. The molecule has 3 rings (SSSR count). The zero-order valence-corrected chi connectivity index (χ0v) is 21.2. The summed E-state index contributed by atoms with van der Waals surface area (Å²) in [6.45, 7) is 5.26. The quantitative estimate of drug-likeness (QED) is 0.430. The predicted molar refractivity (Wildman–Crippen MR) is 136 cm³/mol. The Bertz CT molecular complexity index is 1140. The van der Waals surface area contributed by atoms with Crippen LogP contribution in [-0.2, 0) is 16.6 Å². The lowest BCUT2D eigenvalue weighted by Crippen LogP contribution is -2.50. The van der Waals surface area contributed by atoms with Crippen LogP contribution in [0.5, 0.6) is 11.5 Å². The van der Waals surface area contributed by atoms with E-state index in [0.717, 1.165) is 21.2 Å². The van der Waals surface area contributed by atoms with Gasteiger partial charge in [0.25, 0.3) is 0 Å². The van der Waals surface area contributed by atoms with Gasteiger partial charge in [-0.05, 0) is 66.5 Å². The van der Waals surface area contributed by atoms with Crippen molar-refractivity contribution in [1.29, 1.82) is 0 Å². The highest BCUT2D eigenvalue weighted by Gasteiger charge is 2.52. The van der Waals surface area contributed by atoms with E-state index in [0.29, 0.717) is 23.5 Å². The number of carbonyl (C=O) groups excluding carboxylic acids is 1. The molecule has 0 saturated heterocycles. The van der Waals surface area contributed by atoms with E-state index < -0.39 is 11.5 Å². The SMILES string of the molecule is C=C/C(O)=C1\C(=C/C)CC(NC(=O)Cc2cc(OC)ccc2Br)[C@]1(CO)c1cccc(OC)c1. The fourth-order valence-electron chi connectivity index (χ4n) is 4.65. The highest BCUT2D eigenvalue weighted by atomic mass is 79.9. The Kier molecular flexibility index (Phi) is 8.23. The fraction of sp³-hybridized carbons (Fsp3) is 0.296. The molecule has 2 aromatic rings. The second kappa shape index (κ2) is 10.9. The number of hydrogen-bond donors (Lipinski definition) is 3. The summed E-state index contributed by atoms with van der Waals surface area (Å²) in [6, 6.07) is 12.3. The van der Waals surface area contributed by atoms with Crippen LogP contribution < -0.4 is 14.8 Å². The molecule has 2 aromatic carbocycles. The monoisotopic (exact) mass is 527 g/mol. The van der Waals surface area contributed by atoms with Crippen LogP contribution in [0.2, 0.25) is 0 Å². The van der Waals surface area contributed by atoms with Crippen LogP contribution in [0.25, 0.3) is 0 Å². The van der Waals surface area contributed by atoms with Crippen LogP contribution in [0, 0.1) is 0 Å². The number of methoxy groups -OCH3 is 2. The molecule has 0 aromatic heterocycles. The van der Waals surface area contributed by atoms with Crippen LogP contribution in [0.15, 0.2) is 82.6 Å². The average molecular weight is 528 g/mol. The third kappa shape index (κ3) is 4.76. The van der Waals surface area contributed by atoms with Gasteiger partial charge < -0.3 is 25.0 Å². The first-order valence-corrected chi connectivity index (χ1v) is 11.7. The van der Waals surface area contributed by atoms with Crippen LogP contribution in [0.4, 0.5) is 0 Å². The molecule has 3 N–H and O–H groups in total. The van der Waals surface area contributed by atoms with Crippen molar-refractivity contribution in [3.05, 3.63) is 93.7 Å². The second-order valence-electron chi connectivity index (χ2n) is 8.10. The standard InChI is InChI=1S/C27H30BrNO5/c1-5-17-13-24(29-25(32)14-18-12-21(34-4)10-11-22(18)28)27(16-30,26(17)23(31)6-2)19-8-7-9-20(15-19)33-3/h5-12,15,24,30-31H,2,13-14,16H2,1,3-4H3,(H,29,32)/b17-5-,26-23-/t24?,27-/m0/s1. The van der Waals surface area contributed by atoms with Crippen LogP contribution >= 0.6 is 15.9 Å². The summed E-state index contributed by atoms with van der Waals surface area (Å²) in [5, 5.41) is 24.8. The molecular weight excluding hydrogens is 498 g/mol. The molecule has 6 nitrogen and oxygen atoms in total. The van der Waals surface area contributed by atoms with Gasteiger partial charge in [0.1, 0.15) is 17.3 Å². The number of nitrogens with one attached hydrogen (secondary N) is 1. The Labute approximate surface area is 208 Å². The maximum Gasteiger partial charge on any atom is 0.224 e. The molecular formula is C27H30BrNO5. The Morgan fingerprint density at radius 1 is 1.24 bits per heavy atom. The first-order chi connectivity index (χ1) is 16.3. The van der Waals surface area contributed by atoms with E-state index >= 15 is 0 Å². The van der Waals surface area contributed by atoms with Crippen molar-refractivity contribution in [1.82, 2.24) is 5.32 Å². The van der Waals surface area contributed by atoms with Crippen molar-refractivity contribution in [3.8, 4) is 11.5 Å². The number of allylic oxidation sites excluding steroid dienone is 2. The number of benzene rings is 2. The number of aliphatic hydroxyl groups excluding tert-OH is 2. The summed E-state index contributed by atoms with van der Waals surface area (Å²) in [5.41, 5.74) is 1.80. The fourth-order valence-corrected chi connectivity index (χ4v) is 5.03. The van der Waals surface area contributed by atoms with Gasteiger partial charge in [0, 0.05) is 16.1 Å². The molecule has 0 radical (unpaired) electrons. The van der Waals surface area contributed by atoms with E-state index in [9.17, 15) is 15.0 Å². The lowest BCUT2D eigenvalue weighted by atomic mass is 9.72. The minimum absolute atomic E-state index is 0.0303. The van der Waals surface area contributed by atoms with Gasteiger partial charge in [-0.3, -0.25) is 4.79 Å². The maximum atomic E-state index is 13.2. The minimum atomic E-state index is -1.09. The van der Waals surface area contributed by atoms with Crippen molar-refractivity contribution >= 4 is 21.8 Å². The summed E-state index contributed by atoms with van der Waals surface area (Å²) < 4.78 is 11.5. The molecule has 0 bridgehead atoms. The molecule has 2 atom stereocenters. The van der Waals surface area contributed by atoms with Crippen molar-refractivity contribution in [2.45, 2.75) is 31.2 Å². The summed E-state index contributed by atoms with van der Waals surface area (Å²) in [5.74, 6) is 1.03. The average Bonchev–Trinajstić information content (AvgIpc) is 3.18. The molecule has 1 amide bonds. The largest absolute Gasteiger partial charge is 0.508 e. The first-order valence-electron chi connectivity index (χ1n) is 10.9. The zero-order valence-electron chi connectivity index (χ0n) is 19.6. The highest BCUT2D eigenvalue weighted by Crippen LogP contribution is 2.50. The van der Waals surface area contributed by atoms with E-state index in [-0.39, 0.29) is 24.7 Å². The van der Waals surface area contributed by atoms with Gasteiger partial charge in [-0.2, -0.15) is 0 Å². The second-order valence-corrected chi connectivity index (χ2v) is 8.95. The van der Waals surface area contributed by atoms with Gasteiger partial charge >= 0.3 is 0 Å². The summed E-state index contributed by atoms with van der Waals surface area (Å²) in [4.78, 5) is 13.2. The van der Waals surface area contributed by atoms with E-state index in [1.54, 1.807) is 14.2 Å². The summed E-state index contributed by atoms with van der Waals surface area (Å²) in [7, 11) is 3.15. The molecule has 0 aliphatic heterocycles. The highest BCUT2D eigenvalue weighted by molar-refractivity contribution is 9.10. The third-order valence-electron chi connectivity index (χ3n) is 6.36. The molecule has 0 spiro atoms. The van der Waals surface area contributed by atoms with Crippen molar-refractivity contribution in [2.75, 3.05) is 20.8 Å². The Morgan fingerprint density at radius 3 is 2.56 bits per heavy atom. The zero-order chi connectivity index (χ0) is 24.9. The van der Waals surface area contributed by atoms with Crippen LogP contribution in [0.1, 0.15) is 24.5 Å². The predicted octanol–water partition coefficient (Wildman–Crippen LogP) is 4.77. The van der Waals surface area contributed by atoms with Gasteiger partial charge in [0.05, 0.1) is 32.7 Å². The van der Waals surface area contributed by atoms with Crippen molar-refractivity contribution in [3.63, 3.8) is 0 Å². The molecule has 180 valence electrons. The molecule has 7 heteroatoms. The lowest BCUT2D eigenvalue weighted by Gasteiger charge is -2.36. The normalized spacial score (nSPS) is 22.4. The first kappa shape index (κ1) is 25.6. The smallest absolute Gasteiger partial charge is 0.224 e. The molecule has 34 heavy (non-hydrogen) atoms. The van der Waals surface area contributed by atoms with Gasteiger partial charge in [0.15, 0.2) is 0 Å². The van der Waals surface area contributed by atoms with Gasteiger partial charge in [-0.25, -0.2) is 0 Å². The third-order valence-corrected chi connectivity index (χ3v) is 7.13. The van der Waals surface area contributed by atoms with Gasteiger partial charge in [-0.15, -0.1) is 0 Å². The van der Waals surface area contributed by atoms with E-state index in [2.05, 4.69) is 27.8 Å². The van der Waals surface area contributed by atoms with Gasteiger partial charge in [0.2, 0.25) is 5.91 Å². The molecule has 1 aliphatic carbocycles. The number of amides is 1.